The van der Waals surface area contributed by atoms with E-state index in [9.17, 15) is 4.79 Å². The predicted molar refractivity (Wildman–Crippen MR) is 48.0 cm³/mol. The SMILES string of the molecule is CC(=O)CCC1OCC(C)C1C. The van der Waals surface area contributed by atoms with Crippen LogP contribution in [0, 0.1) is 11.8 Å². The number of carbonyl (C=O) groups is 1. The number of rotatable bonds is 3. The molecule has 70 valence electrons. The van der Waals surface area contributed by atoms with E-state index in [2.05, 4.69) is 13.8 Å². The summed E-state index contributed by atoms with van der Waals surface area (Å²) in [5, 5.41) is 0. The van der Waals surface area contributed by atoms with Crippen molar-refractivity contribution in [3.8, 4) is 0 Å². The standard InChI is InChI=1S/C10H18O2/c1-7-6-12-10(9(7)3)5-4-8(2)11/h7,9-10H,4-6H2,1-3H3. The molecule has 1 fully saturated rings. The normalized spacial score (nSPS) is 35.4. The van der Waals surface area contributed by atoms with Crippen LogP contribution in [0.4, 0.5) is 0 Å². The Morgan fingerprint density at radius 1 is 1.50 bits per heavy atom. The van der Waals surface area contributed by atoms with Gasteiger partial charge in [0.1, 0.15) is 5.78 Å². The number of Topliss-reactive ketones (excluding diaryl/α,β-unsaturated/α-hetero) is 1. The zero-order valence-electron chi connectivity index (χ0n) is 8.17. The second-order valence-electron chi connectivity index (χ2n) is 3.95. The summed E-state index contributed by atoms with van der Waals surface area (Å²) in [6.07, 6.45) is 1.90. The molecule has 3 atom stereocenters. The van der Waals surface area contributed by atoms with Crippen molar-refractivity contribution in [3.05, 3.63) is 0 Å². The summed E-state index contributed by atoms with van der Waals surface area (Å²) in [4.78, 5) is 10.7. The van der Waals surface area contributed by atoms with Crippen molar-refractivity contribution in [2.24, 2.45) is 11.8 Å². The third-order valence-corrected chi connectivity index (χ3v) is 2.84. The first-order chi connectivity index (χ1) is 5.61. The van der Waals surface area contributed by atoms with E-state index in [4.69, 9.17) is 4.74 Å². The average molecular weight is 170 g/mol. The minimum absolute atomic E-state index is 0.269. The third kappa shape index (κ3) is 2.31. The van der Waals surface area contributed by atoms with E-state index in [-0.39, 0.29) is 5.78 Å². The van der Waals surface area contributed by atoms with E-state index >= 15 is 0 Å². The Hall–Kier alpha value is -0.370. The van der Waals surface area contributed by atoms with Gasteiger partial charge < -0.3 is 9.53 Å². The van der Waals surface area contributed by atoms with Gasteiger partial charge in [-0.25, -0.2) is 0 Å². The monoisotopic (exact) mass is 170 g/mol. The van der Waals surface area contributed by atoms with Gasteiger partial charge in [0, 0.05) is 13.0 Å². The van der Waals surface area contributed by atoms with Crippen LogP contribution < -0.4 is 0 Å². The molecule has 1 aliphatic rings. The molecular weight excluding hydrogens is 152 g/mol. The molecule has 0 spiro atoms. The van der Waals surface area contributed by atoms with Gasteiger partial charge in [-0.3, -0.25) is 0 Å². The summed E-state index contributed by atoms with van der Waals surface area (Å²) in [7, 11) is 0. The minimum atomic E-state index is 0.269. The average Bonchev–Trinajstić information content (AvgIpc) is 2.30. The van der Waals surface area contributed by atoms with E-state index in [1.165, 1.54) is 0 Å². The first kappa shape index (κ1) is 9.72. The van der Waals surface area contributed by atoms with E-state index in [1.807, 2.05) is 0 Å². The molecule has 0 saturated carbocycles. The van der Waals surface area contributed by atoms with Crippen LogP contribution in [0.1, 0.15) is 33.6 Å². The van der Waals surface area contributed by atoms with Gasteiger partial charge in [0.2, 0.25) is 0 Å². The Kier molecular flexibility index (Phi) is 3.27. The Bertz CT molecular complexity index is 165. The van der Waals surface area contributed by atoms with E-state index < -0.39 is 0 Å². The minimum Gasteiger partial charge on any atom is -0.378 e. The zero-order chi connectivity index (χ0) is 9.14. The maximum atomic E-state index is 10.7. The van der Waals surface area contributed by atoms with Gasteiger partial charge >= 0.3 is 0 Å². The molecule has 0 radical (unpaired) electrons. The smallest absolute Gasteiger partial charge is 0.129 e. The fraction of sp³-hybridized carbons (Fsp3) is 0.900. The first-order valence-electron chi connectivity index (χ1n) is 4.72. The van der Waals surface area contributed by atoms with Crippen molar-refractivity contribution in [3.63, 3.8) is 0 Å². The molecule has 0 aliphatic carbocycles. The lowest BCUT2D eigenvalue weighted by Crippen LogP contribution is -2.16. The Morgan fingerprint density at radius 2 is 2.17 bits per heavy atom. The number of carbonyl (C=O) groups excluding carboxylic acids is 1. The van der Waals surface area contributed by atoms with E-state index in [1.54, 1.807) is 6.92 Å². The van der Waals surface area contributed by atoms with Crippen molar-refractivity contribution < 1.29 is 9.53 Å². The molecule has 0 amide bonds. The molecule has 3 unspecified atom stereocenters. The molecule has 1 heterocycles. The van der Waals surface area contributed by atoms with Crippen molar-refractivity contribution in [1.29, 1.82) is 0 Å². The number of ether oxygens (including phenoxy) is 1. The first-order valence-corrected chi connectivity index (χ1v) is 4.72. The van der Waals surface area contributed by atoms with Crippen LogP contribution in [-0.2, 0) is 9.53 Å². The highest BCUT2D eigenvalue weighted by Gasteiger charge is 2.30. The predicted octanol–water partition coefficient (Wildman–Crippen LogP) is 2.03. The van der Waals surface area contributed by atoms with Crippen LogP contribution in [0.3, 0.4) is 0 Å². The number of hydrogen-bond donors (Lipinski definition) is 0. The number of hydrogen-bond acceptors (Lipinski definition) is 2. The summed E-state index contributed by atoms with van der Waals surface area (Å²) >= 11 is 0. The summed E-state index contributed by atoms with van der Waals surface area (Å²) in [5.74, 6) is 1.54. The summed E-state index contributed by atoms with van der Waals surface area (Å²) in [6.45, 7) is 6.92. The van der Waals surface area contributed by atoms with Crippen molar-refractivity contribution in [2.45, 2.75) is 39.7 Å². The van der Waals surface area contributed by atoms with Crippen molar-refractivity contribution in [1.82, 2.24) is 0 Å². The fourth-order valence-corrected chi connectivity index (χ4v) is 1.64. The zero-order valence-corrected chi connectivity index (χ0v) is 8.17. The van der Waals surface area contributed by atoms with Crippen LogP contribution in [0.5, 0.6) is 0 Å². The summed E-state index contributed by atoms with van der Waals surface area (Å²) in [6, 6.07) is 0. The molecule has 0 N–H and O–H groups in total. The highest BCUT2D eigenvalue weighted by Crippen LogP contribution is 2.28. The second-order valence-corrected chi connectivity index (χ2v) is 3.95. The largest absolute Gasteiger partial charge is 0.378 e. The Morgan fingerprint density at radius 3 is 2.58 bits per heavy atom. The lowest BCUT2D eigenvalue weighted by molar-refractivity contribution is -0.117. The van der Waals surface area contributed by atoms with Crippen LogP contribution in [0.15, 0.2) is 0 Å². The summed E-state index contributed by atoms with van der Waals surface area (Å²) < 4.78 is 5.58. The van der Waals surface area contributed by atoms with Gasteiger partial charge in [-0.05, 0) is 25.2 Å². The second kappa shape index (κ2) is 4.04. The maximum Gasteiger partial charge on any atom is 0.129 e. The van der Waals surface area contributed by atoms with Gasteiger partial charge in [0.05, 0.1) is 6.10 Å². The summed E-state index contributed by atoms with van der Waals surface area (Å²) in [5.41, 5.74) is 0. The quantitative estimate of drug-likeness (QED) is 0.647. The van der Waals surface area contributed by atoms with Crippen LogP contribution >= 0.6 is 0 Å². The van der Waals surface area contributed by atoms with Crippen LogP contribution in [-0.4, -0.2) is 18.5 Å². The Balaban J connectivity index is 2.29. The molecule has 0 bridgehead atoms. The fourth-order valence-electron chi connectivity index (χ4n) is 1.64. The molecule has 1 aliphatic heterocycles. The molecule has 12 heavy (non-hydrogen) atoms. The van der Waals surface area contributed by atoms with Crippen LogP contribution in [0.25, 0.3) is 0 Å². The Labute approximate surface area is 74.3 Å². The molecule has 1 saturated heterocycles. The molecule has 2 nitrogen and oxygen atoms in total. The van der Waals surface area contributed by atoms with E-state index in [0.717, 1.165) is 13.0 Å². The van der Waals surface area contributed by atoms with Gasteiger partial charge in [-0.2, -0.15) is 0 Å². The van der Waals surface area contributed by atoms with E-state index in [0.29, 0.717) is 24.4 Å². The molecule has 0 aromatic carbocycles. The van der Waals surface area contributed by atoms with Gasteiger partial charge in [-0.1, -0.05) is 13.8 Å². The molecule has 0 aromatic rings. The molecule has 2 heteroatoms. The highest BCUT2D eigenvalue weighted by atomic mass is 16.5. The van der Waals surface area contributed by atoms with Crippen LogP contribution in [0.2, 0.25) is 0 Å². The van der Waals surface area contributed by atoms with Gasteiger partial charge in [0.15, 0.2) is 0 Å². The lowest BCUT2D eigenvalue weighted by Gasteiger charge is -2.14. The number of ketones is 1. The third-order valence-electron chi connectivity index (χ3n) is 2.84. The molecular formula is C10H18O2. The highest BCUT2D eigenvalue weighted by molar-refractivity contribution is 5.75. The van der Waals surface area contributed by atoms with Gasteiger partial charge in [0.25, 0.3) is 0 Å². The van der Waals surface area contributed by atoms with Crippen molar-refractivity contribution >= 4 is 5.78 Å². The molecule has 1 rings (SSSR count). The lowest BCUT2D eigenvalue weighted by atomic mass is 9.92. The maximum absolute atomic E-state index is 10.7. The van der Waals surface area contributed by atoms with Crippen molar-refractivity contribution in [2.75, 3.05) is 6.61 Å². The molecule has 0 aromatic heterocycles. The van der Waals surface area contributed by atoms with Gasteiger partial charge in [-0.15, -0.1) is 0 Å². The topological polar surface area (TPSA) is 26.3 Å².